The smallest absolute Gasteiger partial charge is 0.252 e. The molecule has 10 heteroatoms. The lowest BCUT2D eigenvalue weighted by Crippen LogP contribution is -2.40. The Bertz CT molecular complexity index is 1250. The minimum atomic E-state index is -0.779. The van der Waals surface area contributed by atoms with Gasteiger partial charge in [0, 0.05) is 30.3 Å². The van der Waals surface area contributed by atoms with E-state index in [1.807, 2.05) is 35.0 Å². The molecule has 0 aliphatic heterocycles. The second kappa shape index (κ2) is 10.4. The monoisotopic (exact) mass is 481 g/mol. The fourth-order valence-electron chi connectivity index (χ4n) is 4.27. The zero-order valence-electron chi connectivity index (χ0n) is 20.2. The van der Waals surface area contributed by atoms with Crippen molar-refractivity contribution in [2.75, 3.05) is 24.4 Å². The van der Waals surface area contributed by atoms with E-state index in [0.29, 0.717) is 18.8 Å². The van der Waals surface area contributed by atoms with Crippen molar-refractivity contribution in [3.05, 3.63) is 53.5 Å². The van der Waals surface area contributed by atoms with Crippen LogP contribution in [0.4, 0.5) is 21.7 Å². The van der Waals surface area contributed by atoms with Gasteiger partial charge in [0.2, 0.25) is 0 Å². The number of aromatic nitrogens is 3. The first kappa shape index (κ1) is 24.6. The van der Waals surface area contributed by atoms with E-state index in [2.05, 4.69) is 29.5 Å². The number of carbonyl (C=O) groups excluding carboxylic acids is 1. The lowest BCUT2D eigenvalue weighted by molar-refractivity contribution is 0.100. The fourth-order valence-corrected chi connectivity index (χ4v) is 4.27. The summed E-state index contributed by atoms with van der Waals surface area (Å²) in [4.78, 5) is 16.5. The molecule has 0 radical (unpaired) electrons. The van der Waals surface area contributed by atoms with Gasteiger partial charge in [-0.2, -0.15) is 5.10 Å². The number of benzene rings is 1. The predicted molar refractivity (Wildman–Crippen MR) is 135 cm³/mol. The number of hydrogen-bond acceptors (Lipinski definition) is 7. The van der Waals surface area contributed by atoms with Crippen LogP contribution in [0.2, 0.25) is 0 Å². The van der Waals surface area contributed by atoms with E-state index in [4.69, 9.17) is 21.3 Å². The summed E-state index contributed by atoms with van der Waals surface area (Å²) >= 11 is 0. The number of rotatable bonds is 9. The van der Waals surface area contributed by atoms with Gasteiger partial charge in [0.15, 0.2) is 11.6 Å². The van der Waals surface area contributed by atoms with Crippen LogP contribution in [0, 0.1) is 5.82 Å². The molecule has 0 spiro atoms. The number of amides is 1. The Morgan fingerprint density at radius 2 is 2.11 bits per heavy atom. The molecule has 35 heavy (non-hydrogen) atoms. The van der Waals surface area contributed by atoms with Crippen LogP contribution in [0.25, 0.3) is 10.9 Å². The van der Waals surface area contributed by atoms with E-state index >= 15 is 0 Å². The number of nitrogens with zero attached hydrogens (tertiary/aromatic N) is 3. The average Bonchev–Trinajstić information content (AvgIpc) is 3.19. The Labute approximate surface area is 203 Å². The van der Waals surface area contributed by atoms with Crippen molar-refractivity contribution >= 4 is 34.1 Å². The van der Waals surface area contributed by atoms with Crippen LogP contribution >= 0.6 is 0 Å². The van der Waals surface area contributed by atoms with Crippen LogP contribution in [0.1, 0.15) is 48.7 Å². The highest BCUT2D eigenvalue weighted by molar-refractivity contribution is 5.99. The van der Waals surface area contributed by atoms with Crippen LogP contribution < -0.4 is 22.1 Å². The molecule has 3 aromatic rings. The molecule has 186 valence electrons. The first-order valence-electron chi connectivity index (χ1n) is 11.7. The lowest BCUT2D eigenvalue weighted by atomic mass is 9.97. The van der Waals surface area contributed by atoms with Gasteiger partial charge in [-0.25, -0.2) is 9.37 Å². The SMILES string of the molecule is COCCn1nc(C(C)C)c2cc(Nc3nc(N[C@@H]4CCC=C[C@@H]4N)c(F)cc3C(N)=O)ccc21. The van der Waals surface area contributed by atoms with Crippen LogP contribution in [0.3, 0.4) is 0 Å². The summed E-state index contributed by atoms with van der Waals surface area (Å²) < 4.78 is 22.0. The summed E-state index contributed by atoms with van der Waals surface area (Å²) in [5.41, 5.74) is 14.2. The van der Waals surface area contributed by atoms with E-state index in [-0.39, 0.29) is 35.2 Å². The maximum atomic E-state index is 14.8. The number of fused-ring (bicyclic) bond motifs is 1. The largest absolute Gasteiger partial charge is 0.383 e. The van der Waals surface area contributed by atoms with Gasteiger partial charge in [0.1, 0.15) is 5.82 Å². The Hall–Kier alpha value is -3.50. The molecule has 1 aromatic carbocycles. The molecule has 6 N–H and O–H groups in total. The molecule has 1 aliphatic rings. The summed E-state index contributed by atoms with van der Waals surface area (Å²) in [5, 5.41) is 12.0. The highest BCUT2D eigenvalue weighted by Crippen LogP contribution is 2.30. The summed E-state index contributed by atoms with van der Waals surface area (Å²) in [5.74, 6) is -1.06. The third kappa shape index (κ3) is 5.28. The second-order valence-corrected chi connectivity index (χ2v) is 9.03. The molecule has 1 amide bonds. The summed E-state index contributed by atoms with van der Waals surface area (Å²) in [6, 6.07) is 6.44. The Morgan fingerprint density at radius 1 is 1.31 bits per heavy atom. The molecule has 1 aliphatic carbocycles. The third-order valence-corrected chi connectivity index (χ3v) is 6.13. The highest BCUT2D eigenvalue weighted by atomic mass is 19.1. The number of ether oxygens (including phenoxy) is 1. The molecule has 4 rings (SSSR count). The zero-order valence-corrected chi connectivity index (χ0v) is 20.2. The van der Waals surface area contributed by atoms with Gasteiger partial charge in [-0.15, -0.1) is 0 Å². The number of carbonyl (C=O) groups is 1. The highest BCUT2D eigenvalue weighted by Gasteiger charge is 2.23. The van der Waals surface area contributed by atoms with Crippen molar-refractivity contribution in [3.63, 3.8) is 0 Å². The molecule has 2 atom stereocenters. The second-order valence-electron chi connectivity index (χ2n) is 9.03. The minimum absolute atomic E-state index is 0.0181. The van der Waals surface area contributed by atoms with Gasteiger partial charge in [-0.1, -0.05) is 26.0 Å². The van der Waals surface area contributed by atoms with Crippen LogP contribution in [-0.4, -0.2) is 46.5 Å². The number of anilines is 3. The van der Waals surface area contributed by atoms with Gasteiger partial charge < -0.3 is 26.8 Å². The molecule has 0 saturated heterocycles. The van der Waals surface area contributed by atoms with Gasteiger partial charge in [-0.05, 0) is 43.0 Å². The molecule has 0 saturated carbocycles. The molecule has 2 heterocycles. The first-order chi connectivity index (χ1) is 16.8. The summed E-state index contributed by atoms with van der Waals surface area (Å²) in [6.07, 6.45) is 5.49. The van der Waals surface area contributed by atoms with Crippen molar-refractivity contribution in [1.29, 1.82) is 0 Å². The van der Waals surface area contributed by atoms with Crippen molar-refractivity contribution < 1.29 is 13.9 Å². The van der Waals surface area contributed by atoms with E-state index in [1.165, 1.54) is 0 Å². The quantitative estimate of drug-likeness (QED) is 0.343. The molecule has 0 unspecified atom stereocenters. The number of pyridine rings is 1. The average molecular weight is 482 g/mol. The van der Waals surface area contributed by atoms with Crippen LogP contribution in [0.5, 0.6) is 0 Å². The van der Waals surface area contributed by atoms with Crippen molar-refractivity contribution in [2.45, 2.75) is 51.2 Å². The maximum absolute atomic E-state index is 14.8. The number of allylic oxidation sites excluding steroid dienone is 1. The normalized spacial score (nSPS) is 17.8. The zero-order chi connectivity index (χ0) is 25.1. The molecular formula is C25H32FN7O2. The lowest BCUT2D eigenvalue weighted by Gasteiger charge is -2.26. The fraction of sp³-hybridized carbons (Fsp3) is 0.400. The van der Waals surface area contributed by atoms with Crippen molar-refractivity contribution in [3.8, 4) is 0 Å². The maximum Gasteiger partial charge on any atom is 0.252 e. The number of primary amides is 1. The Morgan fingerprint density at radius 3 is 2.80 bits per heavy atom. The van der Waals surface area contributed by atoms with Gasteiger partial charge in [0.25, 0.3) is 5.91 Å². The molecule has 0 bridgehead atoms. The van der Waals surface area contributed by atoms with E-state index in [9.17, 15) is 9.18 Å². The number of hydrogen-bond donors (Lipinski definition) is 4. The number of halogens is 1. The van der Waals surface area contributed by atoms with Crippen LogP contribution in [0.15, 0.2) is 36.4 Å². The van der Waals surface area contributed by atoms with E-state index < -0.39 is 11.7 Å². The Kier molecular flexibility index (Phi) is 7.32. The van der Waals surface area contributed by atoms with Crippen molar-refractivity contribution in [1.82, 2.24) is 14.8 Å². The molecule has 2 aromatic heterocycles. The topological polar surface area (TPSA) is 133 Å². The summed E-state index contributed by atoms with van der Waals surface area (Å²) in [6.45, 7) is 5.34. The number of methoxy groups -OCH3 is 1. The van der Waals surface area contributed by atoms with Gasteiger partial charge in [0.05, 0.1) is 29.9 Å². The summed E-state index contributed by atoms with van der Waals surface area (Å²) in [7, 11) is 1.66. The van der Waals surface area contributed by atoms with Gasteiger partial charge >= 0.3 is 0 Å². The van der Waals surface area contributed by atoms with E-state index in [0.717, 1.165) is 35.5 Å². The predicted octanol–water partition coefficient (Wildman–Crippen LogP) is 3.64. The number of nitrogens with one attached hydrogen (secondary N) is 2. The van der Waals surface area contributed by atoms with Gasteiger partial charge in [-0.3, -0.25) is 9.48 Å². The molecular weight excluding hydrogens is 449 g/mol. The number of nitrogens with two attached hydrogens (primary N) is 2. The van der Waals surface area contributed by atoms with E-state index in [1.54, 1.807) is 7.11 Å². The van der Waals surface area contributed by atoms with Crippen LogP contribution in [-0.2, 0) is 11.3 Å². The molecule has 0 fully saturated rings. The van der Waals surface area contributed by atoms with Crippen molar-refractivity contribution in [2.24, 2.45) is 11.5 Å². The third-order valence-electron chi connectivity index (χ3n) is 6.13. The molecule has 9 nitrogen and oxygen atoms in total. The minimum Gasteiger partial charge on any atom is -0.383 e. The first-order valence-corrected chi connectivity index (χ1v) is 11.7. The standard InChI is InChI=1S/C25H32FN7O2/c1-14(2)22-16-12-15(8-9-21(16)33(32-22)10-11-35-3)29-24-17(23(28)34)13-18(26)25(31-24)30-20-7-5-4-6-19(20)27/h4,6,8-9,12-14,19-20H,5,7,10-11,27H2,1-3H3,(H2,28,34)(H2,29,30,31)/t19-,20+/m0/s1. The Balaban J connectivity index is 1.70.